The third-order valence-corrected chi connectivity index (χ3v) is 4.79. The molecule has 2 rings (SSSR count). The third kappa shape index (κ3) is 2.87. The van der Waals surface area contributed by atoms with Crippen molar-refractivity contribution in [1.82, 2.24) is 9.80 Å². The number of hydrogen-bond donors (Lipinski definition) is 1. The van der Waals surface area contributed by atoms with Gasteiger partial charge in [-0.25, -0.2) is 0 Å². The second-order valence-corrected chi connectivity index (χ2v) is 5.91. The zero-order valence-corrected chi connectivity index (χ0v) is 12.0. The zero-order valence-electron chi connectivity index (χ0n) is 12.0. The van der Waals surface area contributed by atoms with Crippen LogP contribution in [0.1, 0.15) is 32.6 Å². The second-order valence-electron chi connectivity index (χ2n) is 5.91. The molecule has 4 heteroatoms. The molecular weight excluding hydrogens is 226 g/mol. The summed E-state index contributed by atoms with van der Waals surface area (Å²) < 4.78 is 5.55. The predicted octanol–water partition coefficient (Wildman–Crippen LogP) is 0.910. The van der Waals surface area contributed by atoms with Crippen molar-refractivity contribution in [3.05, 3.63) is 0 Å². The highest BCUT2D eigenvalue weighted by molar-refractivity contribution is 4.97. The molecule has 0 radical (unpaired) electrons. The SMILES string of the molecule is CCC1CN(C)CCCN1C1(CN)CCOCC1. The summed E-state index contributed by atoms with van der Waals surface area (Å²) >= 11 is 0. The first-order valence-corrected chi connectivity index (χ1v) is 7.45. The summed E-state index contributed by atoms with van der Waals surface area (Å²) in [6, 6.07) is 0.652. The van der Waals surface area contributed by atoms with Gasteiger partial charge in [-0.05, 0) is 39.3 Å². The Bertz CT molecular complexity index is 253. The summed E-state index contributed by atoms with van der Waals surface area (Å²) in [5, 5.41) is 0. The van der Waals surface area contributed by atoms with Crippen molar-refractivity contribution in [2.24, 2.45) is 5.73 Å². The fraction of sp³-hybridized carbons (Fsp3) is 1.00. The van der Waals surface area contributed by atoms with Crippen molar-refractivity contribution >= 4 is 0 Å². The molecule has 2 saturated heterocycles. The van der Waals surface area contributed by atoms with Crippen LogP contribution >= 0.6 is 0 Å². The highest BCUT2D eigenvalue weighted by atomic mass is 16.5. The zero-order chi connectivity index (χ0) is 13.0. The molecule has 2 fully saturated rings. The van der Waals surface area contributed by atoms with Gasteiger partial charge in [-0.1, -0.05) is 6.92 Å². The first-order valence-electron chi connectivity index (χ1n) is 7.45. The summed E-state index contributed by atoms with van der Waals surface area (Å²) in [5.74, 6) is 0. The van der Waals surface area contributed by atoms with E-state index in [9.17, 15) is 0 Å². The summed E-state index contributed by atoms with van der Waals surface area (Å²) in [7, 11) is 2.24. The Morgan fingerprint density at radius 2 is 2.00 bits per heavy atom. The van der Waals surface area contributed by atoms with Crippen LogP contribution in [0.3, 0.4) is 0 Å². The van der Waals surface area contributed by atoms with E-state index in [0.717, 1.165) is 32.6 Å². The van der Waals surface area contributed by atoms with E-state index in [4.69, 9.17) is 10.5 Å². The number of hydrogen-bond acceptors (Lipinski definition) is 4. The highest BCUT2D eigenvalue weighted by Crippen LogP contribution is 2.31. The van der Waals surface area contributed by atoms with Crippen LogP contribution in [0.4, 0.5) is 0 Å². The standard InChI is InChI=1S/C14H29N3O/c1-3-13-11-16(2)7-4-8-17(13)14(12-15)5-9-18-10-6-14/h13H,3-12,15H2,1-2H3. The molecule has 2 N–H and O–H groups in total. The lowest BCUT2D eigenvalue weighted by Crippen LogP contribution is -2.61. The van der Waals surface area contributed by atoms with E-state index in [1.807, 2.05) is 0 Å². The lowest BCUT2D eigenvalue weighted by atomic mass is 9.86. The number of nitrogens with two attached hydrogens (primary N) is 1. The average Bonchev–Trinajstić information content (AvgIpc) is 2.61. The molecule has 106 valence electrons. The third-order valence-electron chi connectivity index (χ3n) is 4.79. The van der Waals surface area contributed by atoms with Crippen molar-refractivity contribution < 1.29 is 4.74 Å². The van der Waals surface area contributed by atoms with Crippen LogP contribution in [-0.4, -0.2) is 67.8 Å². The minimum Gasteiger partial charge on any atom is -0.381 e. The van der Waals surface area contributed by atoms with Crippen molar-refractivity contribution in [3.8, 4) is 0 Å². The van der Waals surface area contributed by atoms with Gasteiger partial charge in [0.05, 0.1) is 0 Å². The van der Waals surface area contributed by atoms with Gasteiger partial charge >= 0.3 is 0 Å². The molecule has 0 aromatic carbocycles. The van der Waals surface area contributed by atoms with Crippen LogP contribution in [0.15, 0.2) is 0 Å². The van der Waals surface area contributed by atoms with E-state index < -0.39 is 0 Å². The van der Waals surface area contributed by atoms with Gasteiger partial charge in [0.2, 0.25) is 0 Å². The topological polar surface area (TPSA) is 41.7 Å². The van der Waals surface area contributed by atoms with Gasteiger partial charge in [-0.15, -0.1) is 0 Å². The number of likely N-dealkylation sites (N-methyl/N-ethyl adjacent to an activating group) is 1. The molecule has 0 saturated carbocycles. The molecule has 1 atom stereocenters. The molecule has 0 bridgehead atoms. The minimum atomic E-state index is 0.199. The molecule has 4 nitrogen and oxygen atoms in total. The number of ether oxygens (including phenoxy) is 1. The Balaban J connectivity index is 2.15. The molecule has 2 heterocycles. The van der Waals surface area contributed by atoms with Crippen LogP contribution in [0.25, 0.3) is 0 Å². The summed E-state index contributed by atoms with van der Waals surface area (Å²) in [4.78, 5) is 5.19. The van der Waals surface area contributed by atoms with Crippen LogP contribution in [0.2, 0.25) is 0 Å². The van der Waals surface area contributed by atoms with Crippen LogP contribution < -0.4 is 5.73 Å². The van der Waals surface area contributed by atoms with E-state index >= 15 is 0 Å². The Labute approximate surface area is 111 Å². The molecule has 2 aliphatic heterocycles. The lowest BCUT2D eigenvalue weighted by Gasteiger charge is -2.49. The van der Waals surface area contributed by atoms with Gasteiger partial charge in [0.25, 0.3) is 0 Å². The Kier molecular flexibility index (Phi) is 5.01. The summed E-state index contributed by atoms with van der Waals surface area (Å²) in [6.45, 7) is 8.42. The Hall–Kier alpha value is -0.160. The first kappa shape index (κ1) is 14.3. The Morgan fingerprint density at radius 3 is 2.61 bits per heavy atom. The van der Waals surface area contributed by atoms with Crippen molar-refractivity contribution in [2.75, 3.05) is 46.4 Å². The molecular formula is C14H29N3O. The fourth-order valence-corrected chi connectivity index (χ4v) is 3.58. The largest absolute Gasteiger partial charge is 0.381 e. The quantitative estimate of drug-likeness (QED) is 0.814. The van der Waals surface area contributed by atoms with Gasteiger partial charge in [-0.2, -0.15) is 0 Å². The maximum atomic E-state index is 6.16. The second kappa shape index (κ2) is 6.33. The smallest absolute Gasteiger partial charge is 0.0484 e. The van der Waals surface area contributed by atoms with Gasteiger partial charge in [0.1, 0.15) is 0 Å². The molecule has 1 unspecified atom stereocenters. The van der Waals surface area contributed by atoms with Crippen LogP contribution in [0.5, 0.6) is 0 Å². The van der Waals surface area contributed by atoms with Gasteiger partial charge in [0.15, 0.2) is 0 Å². The maximum absolute atomic E-state index is 6.16. The molecule has 0 spiro atoms. The predicted molar refractivity (Wildman–Crippen MR) is 74.7 cm³/mol. The van der Waals surface area contributed by atoms with Crippen molar-refractivity contribution in [1.29, 1.82) is 0 Å². The fourth-order valence-electron chi connectivity index (χ4n) is 3.58. The highest BCUT2D eigenvalue weighted by Gasteiger charge is 2.41. The normalized spacial score (nSPS) is 31.2. The van der Waals surface area contributed by atoms with Gasteiger partial charge < -0.3 is 15.4 Å². The van der Waals surface area contributed by atoms with E-state index in [1.165, 1.54) is 32.5 Å². The monoisotopic (exact) mass is 255 g/mol. The van der Waals surface area contributed by atoms with Crippen LogP contribution in [-0.2, 0) is 4.74 Å². The van der Waals surface area contributed by atoms with Crippen molar-refractivity contribution in [3.63, 3.8) is 0 Å². The first-order chi connectivity index (χ1) is 8.72. The van der Waals surface area contributed by atoms with Crippen LogP contribution in [0, 0.1) is 0 Å². The van der Waals surface area contributed by atoms with E-state index in [2.05, 4.69) is 23.8 Å². The summed E-state index contributed by atoms with van der Waals surface area (Å²) in [5.41, 5.74) is 6.36. The van der Waals surface area contributed by atoms with Crippen molar-refractivity contribution in [2.45, 2.75) is 44.2 Å². The molecule has 0 aliphatic carbocycles. The molecule has 0 aromatic heterocycles. The number of nitrogens with zero attached hydrogens (tertiary/aromatic N) is 2. The maximum Gasteiger partial charge on any atom is 0.0484 e. The van der Waals surface area contributed by atoms with Gasteiger partial charge in [-0.3, -0.25) is 4.90 Å². The van der Waals surface area contributed by atoms with E-state index in [0.29, 0.717) is 6.04 Å². The van der Waals surface area contributed by atoms with Gasteiger partial charge in [0, 0.05) is 44.4 Å². The van der Waals surface area contributed by atoms with E-state index in [-0.39, 0.29) is 5.54 Å². The minimum absolute atomic E-state index is 0.199. The molecule has 2 aliphatic rings. The lowest BCUT2D eigenvalue weighted by molar-refractivity contribution is -0.0429. The molecule has 18 heavy (non-hydrogen) atoms. The molecule has 0 aromatic rings. The number of rotatable bonds is 3. The Morgan fingerprint density at radius 1 is 1.28 bits per heavy atom. The average molecular weight is 255 g/mol. The summed E-state index contributed by atoms with van der Waals surface area (Å²) in [6.07, 6.45) is 4.68. The van der Waals surface area contributed by atoms with E-state index in [1.54, 1.807) is 0 Å². The molecule has 0 amide bonds.